The van der Waals surface area contributed by atoms with Crippen LogP contribution in [0.5, 0.6) is 17.2 Å². The summed E-state index contributed by atoms with van der Waals surface area (Å²) in [6.45, 7) is 2.85. The van der Waals surface area contributed by atoms with Crippen LogP contribution in [0.3, 0.4) is 0 Å². The molecule has 0 unspecified atom stereocenters. The van der Waals surface area contributed by atoms with Crippen molar-refractivity contribution >= 4 is 50.1 Å². The van der Waals surface area contributed by atoms with Crippen molar-refractivity contribution in [1.29, 1.82) is 0 Å². The Bertz CT molecular complexity index is 1210. The lowest BCUT2D eigenvalue weighted by molar-refractivity contribution is 0.144. The summed E-state index contributed by atoms with van der Waals surface area (Å²) in [5, 5.41) is 20.0. The highest BCUT2D eigenvalue weighted by Gasteiger charge is 2.18. The van der Waals surface area contributed by atoms with E-state index in [9.17, 15) is 5.11 Å². The van der Waals surface area contributed by atoms with E-state index >= 15 is 0 Å². The van der Waals surface area contributed by atoms with Crippen LogP contribution in [0.4, 0.5) is 0 Å². The van der Waals surface area contributed by atoms with Crippen LogP contribution in [-0.4, -0.2) is 47.7 Å². The molecule has 0 aliphatic heterocycles. The Morgan fingerprint density at radius 1 is 1.07 bits per heavy atom. The highest BCUT2D eigenvalue weighted by Crippen LogP contribution is 2.41. The summed E-state index contributed by atoms with van der Waals surface area (Å²) < 4.78 is 17.1. The predicted molar refractivity (Wildman–Crippen MR) is 122 cm³/mol. The van der Waals surface area contributed by atoms with Crippen molar-refractivity contribution in [2.75, 3.05) is 27.4 Å². The number of methoxy groups -OCH3 is 2. The van der Waals surface area contributed by atoms with Crippen LogP contribution < -0.4 is 9.47 Å². The van der Waals surface area contributed by atoms with Gasteiger partial charge in [0.2, 0.25) is 0 Å². The minimum absolute atomic E-state index is 0. The zero-order valence-corrected chi connectivity index (χ0v) is 19.1. The molecule has 0 amide bonds. The summed E-state index contributed by atoms with van der Waals surface area (Å²) in [5.74, 6) is 1.40. The molecule has 30 heavy (non-hydrogen) atoms. The maximum Gasteiger partial charge on any atom is 0.182 e. The molecular formula is C21H21BrClN3O4. The first-order valence-corrected chi connectivity index (χ1v) is 9.79. The highest BCUT2D eigenvalue weighted by molar-refractivity contribution is 9.10. The molecule has 0 aliphatic carbocycles. The maximum absolute atomic E-state index is 9.87. The molecule has 0 atom stereocenters. The molecule has 0 saturated heterocycles. The van der Waals surface area contributed by atoms with Gasteiger partial charge in [0.1, 0.15) is 12.4 Å². The number of aromatic amines is 1. The Hall–Kier alpha value is -2.55. The number of H-pyrrole nitrogens is 1. The molecule has 2 heterocycles. The van der Waals surface area contributed by atoms with Gasteiger partial charge in [-0.2, -0.15) is 5.10 Å². The van der Waals surface area contributed by atoms with Crippen molar-refractivity contribution < 1.29 is 19.3 Å². The molecular weight excluding hydrogens is 474 g/mol. The van der Waals surface area contributed by atoms with E-state index in [4.69, 9.17) is 19.2 Å². The van der Waals surface area contributed by atoms with E-state index in [1.54, 1.807) is 20.3 Å². The third-order valence-corrected chi connectivity index (χ3v) is 5.38. The lowest BCUT2D eigenvalue weighted by atomic mass is 10.00. The van der Waals surface area contributed by atoms with Crippen molar-refractivity contribution in [3.05, 3.63) is 40.5 Å². The molecule has 4 rings (SSSR count). The van der Waals surface area contributed by atoms with Gasteiger partial charge in [0.25, 0.3) is 0 Å². The number of aromatic nitrogens is 3. The molecule has 0 fully saturated rings. The van der Waals surface area contributed by atoms with Crippen LogP contribution in [0.25, 0.3) is 33.1 Å². The topological polar surface area (TPSA) is 89.5 Å². The summed E-state index contributed by atoms with van der Waals surface area (Å²) in [4.78, 5) is 4.78. The van der Waals surface area contributed by atoms with E-state index in [0.29, 0.717) is 34.8 Å². The van der Waals surface area contributed by atoms with E-state index in [1.165, 1.54) is 0 Å². The number of aromatic hydroxyl groups is 1. The summed E-state index contributed by atoms with van der Waals surface area (Å²) in [6.07, 6.45) is 0. The quantitative estimate of drug-likeness (QED) is 0.366. The van der Waals surface area contributed by atoms with Gasteiger partial charge >= 0.3 is 0 Å². The number of nitrogens with one attached hydrogen (secondary N) is 1. The lowest BCUT2D eigenvalue weighted by Crippen LogP contribution is -2.05. The molecule has 0 bridgehead atoms. The van der Waals surface area contributed by atoms with Gasteiger partial charge in [-0.3, -0.25) is 5.10 Å². The van der Waals surface area contributed by atoms with Crippen LogP contribution in [-0.2, 0) is 4.74 Å². The second kappa shape index (κ2) is 9.07. The monoisotopic (exact) mass is 493 g/mol. The van der Waals surface area contributed by atoms with Gasteiger partial charge in [-0.25, -0.2) is 4.98 Å². The molecule has 0 aliphatic rings. The summed E-state index contributed by atoms with van der Waals surface area (Å²) >= 11 is 3.38. The minimum atomic E-state index is 0. The van der Waals surface area contributed by atoms with Crippen LogP contribution >= 0.6 is 28.3 Å². The standard InChI is InChI=1S/C21H20BrN3O4.ClH/c1-11-19-13-9-18(29-7-6-27-2)17(28-3)10-14(13)20(23-21(19)25-24-11)12-4-5-16(26)15(22)8-12;/h4-5,8-10,26H,6-7H2,1-3H3,(H,23,24,25);1H. The molecule has 158 valence electrons. The molecule has 0 spiro atoms. The van der Waals surface area contributed by atoms with E-state index in [0.717, 1.165) is 33.1 Å². The Labute approximate surface area is 187 Å². The fourth-order valence-corrected chi connectivity index (χ4v) is 3.71. The average Bonchev–Trinajstić information content (AvgIpc) is 3.10. The van der Waals surface area contributed by atoms with Gasteiger partial charge in [-0.1, -0.05) is 0 Å². The smallest absolute Gasteiger partial charge is 0.182 e. The Morgan fingerprint density at radius 3 is 2.53 bits per heavy atom. The van der Waals surface area contributed by atoms with Crippen molar-refractivity contribution in [3.8, 4) is 28.5 Å². The largest absolute Gasteiger partial charge is 0.507 e. The van der Waals surface area contributed by atoms with Gasteiger partial charge in [0.15, 0.2) is 17.1 Å². The molecule has 2 aromatic heterocycles. The lowest BCUT2D eigenvalue weighted by Gasteiger charge is -2.14. The average molecular weight is 495 g/mol. The normalized spacial score (nSPS) is 10.9. The molecule has 9 heteroatoms. The van der Waals surface area contributed by atoms with Crippen molar-refractivity contribution in [3.63, 3.8) is 0 Å². The molecule has 2 N–H and O–H groups in total. The first kappa shape index (κ1) is 22.1. The number of pyridine rings is 1. The summed E-state index contributed by atoms with van der Waals surface area (Å²) in [7, 11) is 3.24. The molecule has 2 aromatic carbocycles. The summed E-state index contributed by atoms with van der Waals surface area (Å²) in [5.41, 5.74) is 3.12. The van der Waals surface area contributed by atoms with E-state index in [1.807, 2.05) is 31.2 Å². The second-order valence-corrected chi connectivity index (χ2v) is 7.42. The van der Waals surface area contributed by atoms with Crippen molar-refractivity contribution in [2.45, 2.75) is 6.92 Å². The predicted octanol–water partition coefficient (Wildman–Crippen LogP) is 5.01. The Kier molecular flexibility index (Phi) is 6.70. The fraction of sp³-hybridized carbons (Fsp3) is 0.238. The van der Waals surface area contributed by atoms with Crippen molar-refractivity contribution in [2.24, 2.45) is 0 Å². The van der Waals surface area contributed by atoms with Crippen LogP contribution in [0, 0.1) is 6.92 Å². The number of aryl methyl sites for hydroxylation is 1. The number of nitrogens with zero attached hydrogens (tertiary/aromatic N) is 2. The number of fused-ring (bicyclic) bond motifs is 3. The molecule has 0 radical (unpaired) electrons. The van der Waals surface area contributed by atoms with E-state index < -0.39 is 0 Å². The fourth-order valence-electron chi connectivity index (χ4n) is 3.33. The number of phenols is 1. The Morgan fingerprint density at radius 2 is 1.83 bits per heavy atom. The van der Waals surface area contributed by atoms with Crippen molar-refractivity contribution in [1.82, 2.24) is 15.2 Å². The van der Waals surface area contributed by atoms with Gasteiger partial charge < -0.3 is 19.3 Å². The SMILES string of the molecule is COCCOc1cc2c(cc1OC)c(-c1ccc(O)c(Br)c1)nc1n[nH]c(C)c12.Cl. The van der Waals surface area contributed by atoms with Crippen LogP contribution in [0.15, 0.2) is 34.8 Å². The number of rotatable bonds is 6. The van der Waals surface area contributed by atoms with E-state index in [2.05, 4.69) is 26.1 Å². The minimum Gasteiger partial charge on any atom is -0.507 e. The first-order chi connectivity index (χ1) is 14.0. The number of benzene rings is 2. The van der Waals surface area contributed by atoms with Crippen LogP contribution in [0.1, 0.15) is 5.69 Å². The van der Waals surface area contributed by atoms with Gasteiger partial charge in [-0.15, -0.1) is 12.4 Å². The number of ether oxygens (including phenoxy) is 3. The van der Waals surface area contributed by atoms with Gasteiger partial charge in [0, 0.05) is 34.5 Å². The number of hydrogen-bond acceptors (Lipinski definition) is 6. The maximum atomic E-state index is 9.87. The number of halogens is 2. The van der Waals surface area contributed by atoms with Gasteiger partial charge in [-0.05, 0) is 53.2 Å². The molecule has 4 aromatic rings. The number of hydrogen-bond donors (Lipinski definition) is 2. The zero-order chi connectivity index (χ0) is 20.5. The zero-order valence-electron chi connectivity index (χ0n) is 16.7. The summed E-state index contributed by atoms with van der Waals surface area (Å²) in [6, 6.07) is 9.16. The molecule has 0 saturated carbocycles. The van der Waals surface area contributed by atoms with Crippen LogP contribution in [0.2, 0.25) is 0 Å². The first-order valence-electron chi connectivity index (χ1n) is 9.00. The van der Waals surface area contributed by atoms with E-state index in [-0.39, 0.29) is 18.2 Å². The third-order valence-electron chi connectivity index (χ3n) is 4.74. The third kappa shape index (κ3) is 3.90. The second-order valence-electron chi connectivity index (χ2n) is 6.56. The highest BCUT2D eigenvalue weighted by atomic mass is 79.9. The Balaban J connectivity index is 0.00000256. The van der Waals surface area contributed by atoms with Gasteiger partial charge in [0.05, 0.1) is 23.9 Å². The molecule has 7 nitrogen and oxygen atoms in total. The number of phenolic OH excluding ortho intramolecular Hbond substituents is 1.